The number of amides is 1. The first-order valence-electron chi connectivity index (χ1n) is 9.04. The minimum atomic E-state index is -5.11. The Morgan fingerprint density at radius 2 is 1.31 bits per heavy atom. The van der Waals surface area contributed by atoms with E-state index >= 15 is 0 Å². The first-order chi connectivity index (χ1) is 14.7. The Kier molecular flexibility index (Phi) is 6.26. The number of alkyl halides is 6. The predicted molar refractivity (Wildman–Crippen MR) is 97.5 cm³/mol. The fraction of sp³-hybridized carbons (Fsp3) is 0.316. The van der Waals surface area contributed by atoms with Crippen molar-refractivity contribution in [2.24, 2.45) is 0 Å². The molecule has 2 aromatic carbocycles. The summed E-state index contributed by atoms with van der Waals surface area (Å²) in [6, 6.07) is 5.19. The fourth-order valence-corrected chi connectivity index (χ4v) is 4.67. The van der Waals surface area contributed by atoms with E-state index in [1.165, 1.54) is 12.1 Å². The smallest absolute Gasteiger partial charge is 0.336 e. The molecule has 0 atom stereocenters. The van der Waals surface area contributed by atoms with Crippen molar-refractivity contribution in [2.75, 3.05) is 26.2 Å². The molecule has 0 unspecified atom stereocenters. The number of rotatable bonds is 3. The molecule has 1 fully saturated rings. The van der Waals surface area contributed by atoms with Crippen LogP contribution < -0.4 is 0 Å². The number of benzene rings is 2. The van der Waals surface area contributed by atoms with Crippen LogP contribution in [-0.4, -0.2) is 49.7 Å². The van der Waals surface area contributed by atoms with Gasteiger partial charge in [0, 0.05) is 31.7 Å². The molecule has 1 aliphatic rings. The first kappa shape index (κ1) is 24.0. The summed E-state index contributed by atoms with van der Waals surface area (Å²) in [6.45, 7) is -1.23. The molecular formula is C19H15F7N2O3S. The molecule has 0 saturated carbocycles. The summed E-state index contributed by atoms with van der Waals surface area (Å²) in [5.41, 5.74) is -4.08. The Morgan fingerprint density at radius 3 is 1.78 bits per heavy atom. The third-order valence-corrected chi connectivity index (χ3v) is 6.75. The summed E-state index contributed by atoms with van der Waals surface area (Å²) in [4.78, 5) is 13.0. The monoisotopic (exact) mass is 484 g/mol. The van der Waals surface area contributed by atoms with Gasteiger partial charge in [-0.3, -0.25) is 4.79 Å². The number of sulfonamides is 1. The molecule has 174 valence electrons. The zero-order valence-electron chi connectivity index (χ0n) is 16.0. The second-order valence-corrected chi connectivity index (χ2v) is 8.83. The van der Waals surface area contributed by atoms with E-state index in [2.05, 4.69) is 0 Å². The molecular weight excluding hydrogens is 469 g/mol. The Labute approximate surface area is 178 Å². The lowest BCUT2D eigenvalue weighted by Gasteiger charge is -2.34. The highest BCUT2D eigenvalue weighted by atomic mass is 32.2. The molecule has 1 aliphatic heterocycles. The SMILES string of the molecule is O=C(c1cc(C(F)(F)F)cc(C(F)(F)F)c1)N1CCN(S(=O)(=O)c2ccccc2F)CC1. The average molecular weight is 484 g/mol. The summed E-state index contributed by atoms with van der Waals surface area (Å²) in [7, 11) is -4.24. The summed E-state index contributed by atoms with van der Waals surface area (Å²) in [6.07, 6.45) is -10.2. The molecule has 2 aromatic rings. The maximum Gasteiger partial charge on any atom is 0.416 e. The number of hydrogen-bond acceptors (Lipinski definition) is 3. The van der Waals surface area contributed by atoms with Crippen LogP contribution in [0.25, 0.3) is 0 Å². The third-order valence-electron chi connectivity index (χ3n) is 4.81. The molecule has 0 bridgehead atoms. The van der Waals surface area contributed by atoms with Crippen molar-refractivity contribution in [3.8, 4) is 0 Å². The largest absolute Gasteiger partial charge is 0.416 e. The lowest BCUT2D eigenvalue weighted by molar-refractivity contribution is -0.143. The molecule has 0 N–H and O–H groups in total. The van der Waals surface area contributed by atoms with E-state index in [4.69, 9.17) is 0 Å². The highest BCUT2D eigenvalue weighted by Gasteiger charge is 2.38. The number of hydrogen-bond donors (Lipinski definition) is 0. The van der Waals surface area contributed by atoms with Gasteiger partial charge in [0.2, 0.25) is 10.0 Å². The Hall–Kier alpha value is -2.67. The summed E-state index contributed by atoms with van der Waals surface area (Å²) < 4.78 is 118. The molecule has 32 heavy (non-hydrogen) atoms. The van der Waals surface area contributed by atoms with Crippen molar-refractivity contribution < 1.29 is 43.9 Å². The van der Waals surface area contributed by atoms with Gasteiger partial charge in [-0.25, -0.2) is 12.8 Å². The van der Waals surface area contributed by atoms with E-state index in [0.717, 1.165) is 21.3 Å². The second kappa shape index (κ2) is 8.35. The lowest BCUT2D eigenvalue weighted by atomic mass is 10.0. The fourth-order valence-electron chi connectivity index (χ4n) is 3.19. The Balaban J connectivity index is 1.82. The van der Waals surface area contributed by atoms with Gasteiger partial charge in [-0.15, -0.1) is 0 Å². The van der Waals surface area contributed by atoms with Crippen molar-refractivity contribution in [3.05, 3.63) is 65.0 Å². The molecule has 0 aliphatic carbocycles. The summed E-state index contributed by atoms with van der Waals surface area (Å²) in [5.74, 6) is -2.08. The highest BCUT2D eigenvalue weighted by molar-refractivity contribution is 7.89. The minimum Gasteiger partial charge on any atom is -0.336 e. The van der Waals surface area contributed by atoms with E-state index in [0.29, 0.717) is 12.1 Å². The minimum absolute atomic E-state index is 0.0876. The van der Waals surface area contributed by atoms with Crippen molar-refractivity contribution in [2.45, 2.75) is 17.2 Å². The Bertz CT molecular complexity index is 1090. The molecule has 1 heterocycles. The molecule has 0 aromatic heterocycles. The zero-order valence-corrected chi connectivity index (χ0v) is 16.9. The summed E-state index contributed by atoms with van der Waals surface area (Å²) in [5, 5.41) is 0. The van der Waals surface area contributed by atoms with Gasteiger partial charge in [-0.05, 0) is 30.3 Å². The summed E-state index contributed by atoms with van der Waals surface area (Å²) >= 11 is 0. The number of piperazine rings is 1. The quantitative estimate of drug-likeness (QED) is 0.619. The van der Waals surface area contributed by atoms with Crippen molar-refractivity contribution in [3.63, 3.8) is 0 Å². The van der Waals surface area contributed by atoms with Gasteiger partial charge < -0.3 is 4.90 Å². The maximum absolute atomic E-state index is 13.9. The van der Waals surface area contributed by atoms with E-state index in [1.54, 1.807) is 0 Å². The van der Waals surface area contributed by atoms with Gasteiger partial charge >= 0.3 is 12.4 Å². The number of halogens is 7. The molecule has 13 heteroatoms. The molecule has 1 saturated heterocycles. The topological polar surface area (TPSA) is 57.7 Å². The second-order valence-electron chi connectivity index (χ2n) is 6.92. The van der Waals surface area contributed by atoms with Gasteiger partial charge in [-0.2, -0.15) is 30.6 Å². The van der Waals surface area contributed by atoms with Crippen LogP contribution in [0.3, 0.4) is 0 Å². The van der Waals surface area contributed by atoms with Crippen LogP contribution in [0.5, 0.6) is 0 Å². The lowest BCUT2D eigenvalue weighted by Crippen LogP contribution is -2.50. The maximum atomic E-state index is 13.9. The van der Waals surface area contributed by atoms with Crippen LogP contribution in [0, 0.1) is 5.82 Å². The third kappa shape index (κ3) is 4.88. The Morgan fingerprint density at radius 1 is 0.812 bits per heavy atom. The first-order valence-corrected chi connectivity index (χ1v) is 10.5. The number of carbonyl (C=O) groups excluding carboxylic acids is 1. The van der Waals surface area contributed by atoms with Crippen LogP contribution >= 0.6 is 0 Å². The van der Waals surface area contributed by atoms with Gasteiger partial charge in [0.15, 0.2) is 0 Å². The predicted octanol–water partition coefficient (Wildman–Crippen LogP) is 4.01. The van der Waals surface area contributed by atoms with Gasteiger partial charge in [0.05, 0.1) is 11.1 Å². The normalized spacial score (nSPS) is 16.3. The van der Waals surface area contributed by atoms with Crippen LogP contribution in [-0.2, 0) is 22.4 Å². The molecule has 5 nitrogen and oxygen atoms in total. The molecule has 0 radical (unpaired) electrons. The van der Waals surface area contributed by atoms with Gasteiger partial charge in [-0.1, -0.05) is 12.1 Å². The molecule has 1 amide bonds. The van der Waals surface area contributed by atoms with E-state index in [-0.39, 0.29) is 32.2 Å². The van der Waals surface area contributed by atoms with Crippen LogP contribution in [0.2, 0.25) is 0 Å². The zero-order chi connectivity index (χ0) is 23.9. The van der Waals surface area contributed by atoms with E-state index < -0.39 is 55.7 Å². The van der Waals surface area contributed by atoms with Crippen molar-refractivity contribution in [1.29, 1.82) is 0 Å². The van der Waals surface area contributed by atoms with Crippen LogP contribution in [0.4, 0.5) is 30.7 Å². The number of carbonyl (C=O) groups is 1. The van der Waals surface area contributed by atoms with Crippen LogP contribution in [0.1, 0.15) is 21.5 Å². The van der Waals surface area contributed by atoms with Crippen LogP contribution in [0.15, 0.2) is 47.4 Å². The average Bonchev–Trinajstić information content (AvgIpc) is 2.72. The van der Waals surface area contributed by atoms with Crippen molar-refractivity contribution in [1.82, 2.24) is 9.21 Å². The van der Waals surface area contributed by atoms with E-state index in [1.807, 2.05) is 0 Å². The van der Waals surface area contributed by atoms with E-state index in [9.17, 15) is 43.9 Å². The number of nitrogens with zero attached hydrogens (tertiary/aromatic N) is 2. The van der Waals surface area contributed by atoms with Gasteiger partial charge in [0.25, 0.3) is 5.91 Å². The molecule has 3 rings (SSSR count). The van der Waals surface area contributed by atoms with Crippen molar-refractivity contribution >= 4 is 15.9 Å². The molecule has 0 spiro atoms. The standard InChI is InChI=1S/C19H15F7N2O3S/c20-15-3-1-2-4-16(15)32(30,31)28-7-5-27(6-8-28)17(29)12-9-13(18(21,22)23)11-14(10-12)19(24,25)26/h1-4,9-11H,5-8H2. The van der Waals surface area contributed by atoms with Gasteiger partial charge in [0.1, 0.15) is 10.7 Å². The highest BCUT2D eigenvalue weighted by Crippen LogP contribution is 2.36.